The quantitative estimate of drug-likeness (QED) is 0.785. The number of esters is 1. The molecule has 0 aliphatic carbocycles. The summed E-state index contributed by atoms with van der Waals surface area (Å²) in [5.74, 6) is -0.191. The Hall–Kier alpha value is -1.17. The minimum Gasteiger partial charge on any atom is -0.487 e. The lowest BCUT2D eigenvalue weighted by Crippen LogP contribution is -2.11. The molecule has 0 fully saturated rings. The van der Waals surface area contributed by atoms with Gasteiger partial charge in [-0.3, -0.25) is 4.79 Å². The fraction of sp³-hybridized carbons (Fsp3) is 0.364. The van der Waals surface area contributed by atoms with Gasteiger partial charge in [0.05, 0.1) is 13.5 Å². The zero-order valence-corrected chi connectivity index (χ0v) is 10.7. The molecule has 1 rings (SSSR count). The van der Waals surface area contributed by atoms with Crippen molar-refractivity contribution in [3.63, 3.8) is 0 Å². The van der Waals surface area contributed by atoms with Crippen molar-refractivity contribution in [3.05, 3.63) is 28.2 Å². The van der Waals surface area contributed by atoms with Gasteiger partial charge in [0.15, 0.2) is 0 Å². The number of carbonyl (C=O) groups is 1. The van der Waals surface area contributed by atoms with Crippen LogP contribution in [0, 0.1) is 0 Å². The molecule has 17 heavy (non-hydrogen) atoms. The van der Waals surface area contributed by atoms with Crippen LogP contribution in [0.5, 0.6) is 5.75 Å². The van der Waals surface area contributed by atoms with Crippen LogP contribution in [-0.4, -0.2) is 26.1 Å². The number of carbonyl (C=O) groups excluding carboxylic acids is 1. The van der Waals surface area contributed by atoms with Crippen molar-refractivity contribution in [2.75, 3.05) is 13.7 Å². The summed E-state index contributed by atoms with van der Waals surface area (Å²) < 4.78 is 34.2. The Morgan fingerprint density at radius 3 is 2.76 bits per heavy atom. The van der Waals surface area contributed by atoms with Crippen molar-refractivity contribution in [2.45, 2.75) is 12.8 Å². The lowest BCUT2D eigenvalue weighted by atomic mass is 10.1. The molecule has 0 bridgehead atoms. The van der Waals surface area contributed by atoms with E-state index in [0.717, 1.165) is 4.47 Å². The summed E-state index contributed by atoms with van der Waals surface area (Å²) in [4.78, 5) is 11.1. The number of hydrogen-bond acceptors (Lipinski definition) is 3. The van der Waals surface area contributed by atoms with Crippen LogP contribution in [0.25, 0.3) is 0 Å². The van der Waals surface area contributed by atoms with Gasteiger partial charge in [-0.25, -0.2) is 8.78 Å². The van der Waals surface area contributed by atoms with Gasteiger partial charge >= 0.3 is 5.97 Å². The van der Waals surface area contributed by atoms with Crippen LogP contribution < -0.4 is 4.74 Å². The first kappa shape index (κ1) is 13.9. The molecule has 0 radical (unpaired) electrons. The topological polar surface area (TPSA) is 35.5 Å². The van der Waals surface area contributed by atoms with Crippen molar-refractivity contribution in [1.82, 2.24) is 0 Å². The van der Waals surface area contributed by atoms with E-state index in [1.807, 2.05) is 0 Å². The Morgan fingerprint density at radius 1 is 1.47 bits per heavy atom. The molecule has 0 saturated heterocycles. The normalized spacial score (nSPS) is 10.4. The summed E-state index contributed by atoms with van der Waals surface area (Å²) in [6, 6.07) is 4.82. The van der Waals surface area contributed by atoms with E-state index >= 15 is 0 Å². The number of alkyl halides is 2. The molecule has 0 aromatic heterocycles. The van der Waals surface area contributed by atoms with E-state index < -0.39 is 19.0 Å². The van der Waals surface area contributed by atoms with Gasteiger partial charge in [0.1, 0.15) is 12.4 Å². The molecule has 0 atom stereocenters. The summed E-state index contributed by atoms with van der Waals surface area (Å²) in [6.45, 7) is -0.699. The standard InChI is InChI=1S/C11H11BrF2O3/c1-16-11(15)5-7-4-8(12)2-3-9(7)17-6-10(13)14/h2-4,10H,5-6H2,1H3. The Morgan fingerprint density at radius 2 is 2.18 bits per heavy atom. The zero-order chi connectivity index (χ0) is 12.8. The molecule has 0 amide bonds. The number of ether oxygens (including phenoxy) is 2. The molecule has 0 N–H and O–H groups in total. The molecule has 0 aliphatic heterocycles. The van der Waals surface area contributed by atoms with Gasteiger partial charge in [0.25, 0.3) is 6.43 Å². The third kappa shape index (κ3) is 4.68. The molecule has 0 spiro atoms. The van der Waals surface area contributed by atoms with Crippen LogP contribution in [0.4, 0.5) is 8.78 Å². The molecule has 1 aromatic carbocycles. The van der Waals surface area contributed by atoms with Crippen LogP contribution in [0.1, 0.15) is 5.56 Å². The highest BCUT2D eigenvalue weighted by molar-refractivity contribution is 9.10. The number of benzene rings is 1. The predicted molar refractivity (Wildman–Crippen MR) is 61.4 cm³/mol. The lowest BCUT2D eigenvalue weighted by Gasteiger charge is -2.11. The average molecular weight is 309 g/mol. The molecule has 6 heteroatoms. The van der Waals surface area contributed by atoms with E-state index in [1.54, 1.807) is 12.1 Å². The van der Waals surface area contributed by atoms with E-state index in [2.05, 4.69) is 20.7 Å². The highest BCUT2D eigenvalue weighted by atomic mass is 79.9. The van der Waals surface area contributed by atoms with Crippen molar-refractivity contribution in [1.29, 1.82) is 0 Å². The highest BCUT2D eigenvalue weighted by Gasteiger charge is 2.12. The molecule has 0 aliphatic rings. The van der Waals surface area contributed by atoms with Gasteiger partial charge in [-0.05, 0) is 18.2 Å². The summed E-state index contributed by atoms with van der Waals surface area (Å²) in [5, 5.41) is 0. The largest absolute Gasteiger partial charge is 0.487 e. The van der Waals surface area contributed by atoms with E-state index in [1.165, 1.54) is 13.2 Å². The predicted octanol–water partition coefficient (Wildman–Crippen LogP) is 2.81. The summed E-state index contributed by atoms with van der Waals surface area (Å²) in [7, 11) is 1.26. The Balaban J connectivity index is 2.83. The Bertz CT molecular complexity index is 396. The van der Waals surface area contributed by atoms with Crippen LogP contribution in [-0.2, 0) is 16.0 Å². The minimum atomic E-state index is -2.55. The Kier molecular flexibility index (Phi) is 5.34. The molecular weight excluding hydrogens is 298 g/mol. The Labute approximate surface area is 106 Å². The fourth-order valence-electron chi connectivity index (χ4n) is 1.21. The molecule has 94 valence electrons. The first-order valence-corrected chi connectivity index (χ1v) is 5.58. The van der Waals surface area contributed by atoms with Gasteiger partial charge in [0, 0.05) is 10.0 Å². The maximum atomic E-state index is 12.0. The minimum absolute atomic E-state index is 0.0193. The summed E-state index contributed by atoms with van der Waals surface area (Å²) in [5.41, 5.74) is 0.506. The second-order valence-corrected chi connectivity index (χ2v) is 4.12. The molecule has 3 nitrogen and oxygen atoms in total. The lowest BCUT2D eigenvalue weighted by molar-refractivity contribution is -0.139. The van der Waals surface area contributed by atoms with E-state index in [0.29, 0.717) is 5.56 Å². The third-order valence-electron chi connectivity index (χ3n) is 1.95. The number of halogens is 3. The second kappa shape index (κ2) is 6.54. The van der Waals surface area contributed by atoms with Gasteiger partial charge in [-0.1, -0.05) is 15.9 Å². The number of methoxy groups -OCH3 is 1. The molecule has 0 heterocycles. The van der Waals surface area contributed by atoms with E-state index in [4.69, 9.17) is 4.74 Å². The molecule has 0 saturated carbocycles. The van der Waals surface area contributed by atoms with Crippen LogP contribution in [0.15, 0.2) is 22.7 Å². The van der Waals surface area contributed by atoms with Crippen molar-refractivity contribution in [2.24, 2.45) is 0 Å². The highest BCUT2D eigenvalue weighted by Crippen LogP contribution is 2.24. The number of hydrogen-bond donors (Lipinski definition) is 0. The monoisotopic (exact) mass is 308 g/mol. The number of rotatable bonds is 5. The summed E-state index contributed by atoms with van der Waals surface area (Å²) in [6.07, 6.45) is -2.57. The SMILES string of the molecule is COC(=O)Cc1cc(Br)ccc1OCC(F)F. The van der Waals surface area contributed by atoms with Gasteiger partial charge in [-0.15, -0.1) is 0 Å². The smallest absolute Gasteiger partial charge is 0.310 e. The average Bonchev–Trinajstić information content (AvgIpc) is 2.27. The molecule has 0 unspecified atom stereocenters. The summed E-state index contributed by atoms with van der Waals surface area (Å²) >= 11 is 3.23. The zero-order valence-electron chi connectivity index (χ0n) is 9.08. The third-order valence-corrected chi connectivity index (χ3v) is 2.44. The van der Waals surface area contributed by atoms with Gasteiger partial charge in [-0.2, -0.15) is 0 Å². The van der Waals surface area contributed by atoms with E-state index in [-0.39, 0.29) is 12.2 Å². The van der Waals surface area contributed by atoms with E-state index in [9.17, 15) is 13.6 Å². The van der Waals surface area contributed by atoms with Gasteiger partial charge in [0.2, 0.25) is 0 Å². The van der Waals surface area contributed by atoms with Gasteiger partial charge < -0.3 is 9.47 Å². The van der Waals surface area contributed by atoms with Crippen molar-refractivity contribution >= 4 is 21.9 Å². The fourth-order valence-corrected chi connectivity index (χ4v) is 1.62. The van der Waals surface area contributed by atoms with Crippen molar-refractivity contribution < 1.29 is 23.0 Å². The first-order chi connectivity index (χ1) is 8.02. The molecular formula is C11H11BrF2O3. The first-order valence-electron chi connectivity index (χ1n) is 4.79. The van der Waals surface area contributed by atoms with Crippen LogP contribution in [0.3, 0.4) is 0 Å². The molecule has 1 aromatic rings. The van der Waals surface area contributed by atoms with Crippen LogP contribution in [0.2, 0.25) is 0 Å². The van der Waals surface area contributed by atoms with Crippen LogP contribution >= 0.6 is 15.9 Å². The maximum absolute atomic E-state index is 12.0. The maximum Gasteiger partial charge on any atom is 0.310 e. The van der Waals surface area contributed by atoms with Crippen molar-refractivity contribution in [3.8, 4) is 5.75 Å². The second-order valence-electron chi connectivity index (χ2n) is 3.21.